The van der Waals surface area contributed by atoms with Crippen LogP contribution in [0.3, 0.4) is 0 Å². The zero-order valence-corrected chi connectivity index (χ0v) is 11.8. The molecule has 18 heavy (non-hydrogen) atoms. The Morgan fingerprint density at radius 3 is 2.72 bits per heavy atom. The molecular weight excluding hydrogens is 251 g/mol. The average molecular weight is 270 g/mol. The van der Waals surface area contributed by atoms with Crippen LogP contribution in [0.5, 0.6) is 0 Å². The van der Waals surface area contributed by atoms with Gasteiger partial charge in [0.2, 0.25) is 0 Å². The molecule has 0 unspecified atom stereocenters. The third-order valence-electron chi connectivity index (χ3n) is 2.84. The fourth-order valence-corrected chi connectivity index (χ4v) is 1.57. The monoisotopic (exact) mass is 270 g/mol. The Hall–Kier alpha value is -1.07. The summed E-state index contributed by atoms with van der Waals surface area (Å²) < 4.78 is 13.0. The highest BCUT2D eigenvalue weighted by atomic mass is 32.1. The first-order valence-corrected chi connectivity index (χ1v) is 6.33. The highest BCUT2D eigenvalue weighted by Crippen LogP contribution is 2.13. The van der Waals surface area contributed by atoms with Crippen molar-refractivity contribution in [2.45, 2.75) is 24.8 Å². The number of hydrogen-bond donors (Lipinski definition) is 2. The predicted octanol–water partition coefficient (Wildman–Crippen LogP) is 2.18. The van der Waals surface area contributed by atoms with Crippen LogP contribution < -0.4 is 5.32 Å². The maximum Gasteiger partial charge on any atom is 0.251 e. The van der Waals surface area contributed by atoms with E-state index in [1.165, 1.54) is 18.2 Å². The SMILES string of the molecule is CC(C)N(C)CCNC(=O)c1ccc(F)c(S)c1. The summed E-state index contributed by atoms with van der Waals surface area (Å²) in [6, 6.07) is 4.57. The van der Waals surface area contributed by atoms with Crippen LogP contribution in [-0.4, -0.2) is 37.0 Å². The molecule has 0 atom stereocenters. The normalized spacial score (nSPS) is 11.1. The first-order chi connectivity index (χ1) is 8.41. The van der Waals surface area contributed by atoms with Crippen LogP contribution >= 0.6 is 12.6 Å². The number of halogens is 1. The molecule has 0 saturated heterocycles. The van der Waals surface area contributed by atoms with Crippen molar-refractivity contribution in [2.24, 2.45) is 0 Å². The van der Waals surface area contributed by atoms with Crippen LogP contribution in [0.1, 0.15) is 24.2 Å². The van der Waals surface area contributed by atoms with Crippen LogP contribution in [0.4, 0.5) is 4.39 Å². The maximum atomic E-state index is 13.0. The zero-order valence-electron chi connectivity index (χ0n) is 10.9. The van der Waals surface area contributed by atoms with Gasteiger partial charge in [0.05, 0.1) is 0 Å². The Morgan fingerprint density at radius 1 is 1.50 bits per heavy atom. The predicted molar refractivity (Wildman–Crippen MR) is 73.8 cm³/mol. The molecule has 5 heteroatoms. The molecule has 3 nitrogen and oxygen atoms in total. The second kappa shape index (κ2) is 6.75. The Kier molecular flexibility index (Phi) is 5.62. The minimum atomic E-state index is -0.422. The summed E-state index contributed by atoms with van der Waals surface area (Å²) in [5.41, 5.74) is 0.425. The molecule has 1 aromatic carbocycles. The minimum Gasteiger partial charge on any atom is -0.351 e. The fraction of sp³-hybridized carbons (Fsp3) is 0.462. The first kappa shape index (κ1) is 15.0. The van der Waals surface area contributed by atoms with Gasteiger partial charge in [0.25, 0.3) is 5.91 Å². The van der Waals surface area contributed by atoms with Crippen molar-refractivity contribution in [3.8, 4) is 0 Å². The first-order valence-electron chi connectivity index (χ1n) is 5.88. The zero-order chi connectivity index (χ0) is 13.7. The summed E-state index contributed by atoms with van der Waals surface area (Å²) in [4.78, 5) is 14.1. The molecule has 0 fully saturated rings. The van der Waals surface area contributed by atoms with Gasteiger partial charge in [0.15, 0.2) is 0 Å². The number of carbonyl (C=O) groups is 1. The minimum absolute atomic E-state index is 0.182. The lowest BCUT2D eigenvalue weighted by atomic mass is 10.2. The number of carbonyl (C=O) groups excluding carboxylic acids is 1. The molecule has 0 bridgehead atoms. The van der Waals surface area contributed by atoms with Crippen molar-refractivity contribution in [1.29, 1.82) is 0 Å². The number of benzene rings is 1. The molecule has 0 aliphatic carbocycles. The number of amides is 1. The topological polar surface area (TPSA) is 32.3 Å². The summed E-state index contributed by atoms with van der Waals surface area (Å²) in [5.74, 6) is -0.628. The molecule has 1 N–H and O–H groups in total. The van der Waals surface area contributed by atoms with Gasteiger partial charge in [-0.05, 0) is 39.1 Å². The quantitative estimate of drug-likeness (QED) is 0.804. The fourth-order valence-electron chi connectivity index (χ4n) is 1.36. The van der Waals surface area contributed by atoms with Crippen molar-refractivity contribution in [1.82, 2.24) is 10.2 Å². The molecule has 1 rings (SSSR count). The van der Waals surface area contributed by atoms with Crippen molar-refractivity contribution < 1.29 is 9.18 Å². The van der Waals surface area contributed by atoms with E-state index < -0.39 is 5.82 Å². The number of nitrogens with zero attached hydrogens (tertiary/aromatic N) is 1. The smallest absolute Gasteiger partial charge is 0.251 e. The van der Waals surface area contributed by atoms with Gasteiger partial charge in [-0.1, -0.05) is 0 Å². The Morgan fingerprint density at radius 2 is 2.17 bits per heavy atom. The average Bonchev–Trinajstić information content (AvgIpc) is 2.32. The summed E-state index contributed by atoms with van der Waals surface area (Å²) >= 11 is 3.95. The number of rotatable bonds is 5. The summed E-state index contributed by atoms with van der Waals surface area (Å²) in [6.45, 7) is 5.52. The molecular formula is C13H19FN2OS. The van der Waals surface area contributed by atoms with Crippen molar-refractivity contribution >= 4 is 18.5 Å². The van der Waals surface area contributed by atoms with E-state index in [9.17, 15) is 9.18 Å². The molecule has 0 spiro atoms. The number of thiol groups is 1. The van der Waals surface area contributed by atoms with Gasteiger partial charge in [-0.2, -0.15) is 0 Å². The highest BCUT2D eigenvalue weighted by Gasteiger charge is 2.08. The molecule has 0 heterocycles. The lowest BCUT2D eigenvalue weighted by molar-refractivity contribution is 0.0947. The van der Waals surface area contributed by atoms with E-state index in [1.807, 2.05) is 7.05 Å². The molecule has 0 aromatic heterocycles. The van der Waals surface area contributed by atoms with E-state index in [0.717, 1.165) is 6.54 Å². The third kappa shape index (κ3) is 4.31. The highest BCUT2D eigenvalue weighted by molar-refractivity contribution is 7.80. The van der Waals surface area contributed by atoms with E-state index in [0.29, 0.717) is 18.2 Å². The Bertz CT molecular complexity index is 423. The van der Waals surface area contributed by atoms with E-state index >= 15 is 0 Å². The molecule has 1 amide bonds. The van der Waals surface area contributed by atoms with Crippen LogP contribution in [-0.2, 0) is 0 Å². The van der Waals surface area contributed by atoms with E-state index in [1.54, 1.807) is 0 Å². The second-order valence-electron chi connectivity index (χ2n) is 4.50. The van der Waals surface area contributed by atoms with Crippen LogP contribution in [0.15, 0.2) is 23.1 Å². The lowest BCUT2D eigenvalue weighted by Crippen LogP contribution is -2.36. The van der Waals surface area contributed by atoms with Crippen molar-refractivity contribution in [3.05, 3.63) is 29.6 Å². The van der Waals surface area contributed by atoms with Gasteiger partial charge < -0.3 is 10.2 Å². The number of hydrogen-bond acceptors (Lipinski definition) is 3. The van der Waals surface area contributed by atoms with Gasteiger partial charge in [0.1, 0.15) is 5.82 Å². The Balaban J connectivity index is 2.48. The molecule has 0 aliphatic heterocycles. The number of likely N-dealkylation sites (N-methyl/N-ethyl adjacent to an activating group) is 1. The molecule has 1 aromatic rings. The van der Waals surface area contributed by atoms with Crippen molar-refractivity contribution in [2.75, 3.05) is 20.1 Å². The molecule has 0 aliphatic rings. The van der Waals surface area contributed by atoms with E-state index in [4.69, 9.17) is 0 Å². The largest absolute Gasteiger partial charge is 0.351 e. The van der Waals surface area contributed by atoms with E-state index in [-0.39, 0.29) is 10.8 Å². The summed E-state index contributed by atoms with van der Waals surface area (Å²) in [6.07, 6.45) is 0. The van der Waals surface area contributed by atoms with Gasteiger partial charge in [-0.3, -0.25) is 4.79 Å². The summed E-state index contributed by atoms with van der Waals surface area (Å²) in [5, 5.41) is 2.79. The van der Waals surface area contributed by atoms with Gasteiger partial charge in [-0.25, -0.2) is 4.39 Å². The third-order valence-corrected chi connectivity index (χ3v) is 3.18. The van der Waals surface area contributed by atoms with Gasteiger partial charge in [0, 0.05) is 29.6 Å². The summed E-state index contributed by atoms with van der Waals surface area (Å²) in [7, 11) is 2.00. The van der Waals surface area contributed by atoms with Crippen molar-refractivity contribution in [3.63, 3.8) is 0 Å². The molecule has 100 valence electrons. The standard InChI is InChI=1S/C13H19FN2OS/c1-9(2)16(3)7-6-15-13(17)10-4-5-11(14)12(18)8-10/h4-5,8-9,18H,6-7H2,1-3H3,(H,15,17). The molecule has 0 saturated carbocycles. The lowest BCUT2D eigenvalue weighted by Gasteiger charge is -2.20. The van der Waals surface area contributed by atoms with E-state index in [2.05, 4.69) is 36.7 Å². The Labute approximate surface area is 113 Å². The van der Waals surface area contributed by atoms with Crippen LogP contribution in [0, 0.1) is 5.82 Å². The number of nitrogens with one attached hydrogen (secondary N) is 1. The van der Waals surface area contributed by atoms with Gasteiger partial charge >= 0.3 is 0 Å². The van der Waals surface area contributed by atoms with Crippen LogP contribution in [0.25, 0.3) is 0 Å². The molecule has 0 radical (unpaired) electrons. The maximum absolute atomic E-state index is 13.0. The van der Waals surface area contributed by atoms with Gasteiger partial charge in [-0.15, -0.1) is 12.6 Å². The van der Waals surface area contributed by atoms with Crippen LogP contribution in [0.2, 0.25) is 0 Å². The second-order valence-corrected chi connectivity index (χ2v) is 4.98.